The van der Waals surface area contributed by atoms with E-state index in [9.17, 15) is 0 Å². The number of aromatic hydroxyl groups is 1. The quantitative estimate of drug-likeness (QED) is 0.492. The van der Waals surface area contributed by atoms with Crippen molar-refractivity contribution in [1.82, 2.24) is 0 Å². The minimum atomic E-state index is 0.291. The summed E-state index contributed by atoms with van der Waals surface area (Å²) in [7, 11) is 0. The largest absolute Gasteiger partial charge is 0.507 e. The van der Waals surface area contributed by atoms with E-state index in [1.165, 1.54) is 0 Å². The standard InChI is InChI=1S/C5H5NO/c7-5-1-3-6-4-2-5/h1-4H,(H,6,7)/p+1. The maximum absolute atomic E-state index is 8.61. The Kier molecular flexibility index (Phi) is 0.941. The summed E-state index contributed by atoms with van der Waals surface area (Å²) < 4.78 is 0. The van der Waals surface area contributed by atoms with Crippen molar-refractivity contribution in [3.8, 4) is 5.75 Å². The molecule has 0 amide bonds. The smallest absolute Gasteiger partial charge is 0.170 e. The Bertz CT molecular complexity index is 138. The van der Waals surface area contributed by atoms with Gasteiger partial charge in [-0.05, 0) is 0 Å². The van der Waals surface area contributed by atoms with Crippen LogP contribution in [-0.4, -0.2) is 5.11 Å². The lowest BCUT2D eigenvalue weighted by atomic mass is 10.5. The summed E-state index contributed by atoms with van der Waals surface area (Å²) in [5.74, 6) is 0.291. The highest BCUT2D eigenvalue weighted by atomic mass is 16.3. The van der Waals surface area contributed by atoms with Crippen LogP contribution in [0.2, 0.25) is 0 Å². The molecule has 1 heterocycles. The minimum absolute atomic E-state index is 0.291. The number of nitrogens with one attached hydrogen (secondary N) is 1. The predicted octanol–water partition coefficient (Wildman–Crippen LogP) is 0.206. The molecule has 0 fully saturated rings. The molecule has 0 aliphatic rings. The van der Waals surface area contributed by atoms with Crippen LogP contribution in [-0.2, 0) is 0 Å². The van der Waals surface area contributed by atoms with E-state index < -0.39 is 0 Å². The van der Waals surface area contributed by atoms with Gasteiger partial charge >= 0.3 is 0 Å². The zero-order valence-electron chi connectivity index (χ0n) is 3.76. The molecule has 1 aromatic rings. The van der Waals surface area contributed by atoms with E-state index in [-0.39, 0.29) is 0 Å². The summed E-state index contributed by atoms with van der Waals surface area (Å²) in [4.78, 5) is 2.77. The van der Waals surface area contributed by atoms with Gasteiger partial charge in [0.15, 0.2) is 12.4 Å². The second kappa shape index (κ2) is 1.60. The van der Waals surface area contributed by atoms with E-state index in [1.807, 2.05) is 0 Å². The van der Waals surface area contributed by atoms with Crippen LogP contribution in [0.1, 0.15) is 0 Å². The summed E-state index contributed by atoms with van der Waals surface area (Å²) in [5.41, 5.74) is 0. The van der Waals surface area contributed by atoms with Crippen molar-refractivity contribution in [1.29, 1.82) is 0 Å². The third kappa shape index (κ3) is 0.892. The number of aromatic amines is 1. The van der Waals surface area contributed by atoms with E-state index in [2.05, 4.69) is 4.98 Å². The Labute approximate surface area is 41.4 Å². The lowest BCUT2D eigenvalue weighted by molar-refractivity contribution is -0.378. The van der Waals surface area contributed by atoms with Crippen LogP contribution in [0.15, 0.2) is 24.5 Å². The normalized spacial score (nSPS) is 8.57. The molecule has 0 atom stereocenters. The summed E-state index contributed by atoms with van der Waals surface area (Å²) in [6.45, 7) is 0. The molecular weight excluding hydrogens is 90.1 g/mol. The van der Waals surface area contributed by atoms with Gasteiger partial charge in [0.05, 0.1) is 0 Å². The minimum Gasteiger partial charge on any atom is -0.507 e. The first-order valence-electron chi connectivity index (χ1n) is 2.04. The maximum Gasteiger partial charge on any atom is 0.170 e. The Morgan fingerprint density at radius 2 is 1.86 bits per heavy atom. The van der Waals surface area contributed by atoms with Gasteiger partial charge in [-0.15, -0.1) is 0 Å². The fraction of sp³-hybridized carbons (Fsp3) is 0. The molecule has 0 radical (unpaired) electrons. The van der Waals surface area contributed by atoms with E-state index in [0.717, 1.165) is 0 Å². The first-order chi connectivity index (χ1) is 3.39. The Balaban J connectivity index is 3.02. The molecule has 2 heteroatoms. The first kappa shape index (κ1) is 4.12. The fourth-order valence-electron chi connectivity index (χ4n) is 0.378. The molecule has 0 unspecified atom stereocenters. The highest BCUT2D eigenvalue weighted by molar-refractivity contribution is 5.11. The molecule has 1 rings (SSSR count). The molecule has 36 valence electrons. The van der Waals surface area contributed by atoms with Crippen molar-refractivity contribution < 1.29 is 10.1 Å². The molecular formula is C5H6NO+. The third-order valence-electron chi connectivity index (χ3n) is 0.701. The lowest BCUT2D eigenvalue weighted by Gasteiger charge is -1.77. The molecule has 1 aromatic heterocycles. The van der Waals surface area contributed by atoms with Crippen LogP contribution in [0.4, 0.5) is 0 Å². The van der Waals surface area contributed by atoms with E-state index >= 15 is 0 Å². The molecule has 7 heavy (non-hydrogen) atoms. The van der Waals surface area contributed by atoms with E-state index in [0.29, 0.717) is 5.75 Å². The fourth-order valence-corrected chi connectivity index (χ4v) is 0.378. The molecule has 0 saturated heterocycles. The van der Waals surface area contributed by atoms with Gasteiger partial charge in [0, 0.05) is 12.1 Å². The zero-order chi connectivity index (χ0) is 5.11. The Morgan fingerprint density at radius 1 is 1.29 bits per heavy atom. The SMILES string of the molecule is Oc1cc[nH+]cc1. The van der Waals surface area contributed by atoms with Gasteiger partial charge < -0.3 is 5.11 Å². The van der Waals surface area contributed by atoms with Gasteiger partial charge in [0.25, 0.3) is 0 Å². The van der Waals surface area contributed by atoms with Gasteiger partial charge in [-0.25, -0.2) is 4.98 Å². The van der Waals surface area contributed by atoms with Crippen molar-refractivity contribution in [2.45, 2.75) is 0 Å². The monoisotopic (exact) mass is 96.0 g/mol. The van der Waals surface area contributed by atoms with Crippen molar-refractivity contribution >= 4 is 0 Å². The van der Waals surface area contributed by atoms with Gasteiger partial charge in [-0.1, -0.05) is 0 Å². The van der Waals surface area contributed by atoms with Gasteiger partial charge in [0.1, 0.15) is 5.75 Å². The number of rotatable bonds is 0. The zero-order valence-corrected chi connectivity index (χ0v) is 3.76. The number of H-pyrrole nitrogens is 1. The van der Waals surface area contributed by atoms with Crippen molar-refractivity contribution in [2.24, 2.45) is 0 Å². The third-order valence-corrected chi connectivity index (χ3v) is 0.701. The van der Waals surface area contributed by atoms with Crippen LogP contribution in [0.5, 0.6) is 5.75 Å². The first-order valence-corrected chi connectivity index (χ1v) is 2.04. The summed E-state index contributed by atoms with van der Waals surface area (Å²) >= 11 is 0. The highest BCUT2D eigenvalue weighted by Crippen LogP contribution is 1.98. The molecule has 0 bridgehead atoms. The summed E-state index contributed by atoms with van der Waals surface area (Å²) in [6.07, 6.45) is 3.32. The number of aromatic nitrogens is 1. The average Bonchev–Trinajstić information content (AvgIpc) is 1.69. The molecule has 2 nitrogen and oxygen atoms in total. The second-order valence-electron chi connectivity index (χ2n) is 1.26. The van der Waals surface area contributed by atoms with Crippen molar-refractivity contribution in [2.75, 3.05) is 0 Å². The number of hydrogen-bond donors (Lipinski definition) is 1. The predicted molar refractivity (Wildman–Crippen MR) is 24.7 cm³/mol. The van der Waals surface area contributed by atoms with Crippen LogP contribution in [0.25, 0.3) is 0 Å². The highest BCUT2D eigenvalue weighted by Gasteiger charge is 1.81. The van der Waals surface area contributed by atoms with Gasteiger partial charge in [-0.2, -0.15) is 0 Å². The maximum atomic E-state index is 8.61. The number of hydrogen-bond acceptors (Lipinski definition) is 1. The topological polar surface area (TPSA) is 34.4 Å². The Morgan fingerprint density at radius 3 is 2.14 bits per heavy atom. The molecule has 0 aromatic carbocycles. The molecule has 0 spiro atoms. The summed E-state index contributed by atoms with van der Waals surface area (Å²) in [5, 5.41) is 8.61. The molecule has 2 N–H and O–H groups in total. The van der Waals surface area contributed by atoms with Crippen LogP contribution >= 0.6 is 0 Å². The average molecular weight is 96.1 g/mol. The lowest BCUT2D eigenvalue weighted by Crippen LogP contribution is -1.94. The molecule has 0 saturated carbocycles. The van der Waals surface area contributed by atoms with Crippen LogP contribution < -0.4 is 4.98 Å². The van der Waals surface area contributed by atoms with Crippen molar-refractivity contribution in [3.63, 3.8) is 0 Å². The van der Waals surface area contributed by atoms with E-state index in [4.69, 9.17) is 5.11 Å². The van der Waals surface area contributed by atoms with Crippen LogP contribution in [0, 0.1) is 0 Å². The molecule has 0 aliphatic carbocycles. The van der Waals surface area contributed by atoms with Gasteiger partial charge in [0.2, 0.25) is 0 Å². The van der Waals surface area contributed by atoms with E-state index in [1.54, 1.807) is 24.5 Å². The van der Waals surface area contributed by atoms with Crippen LogP contribution in [0.3, 0.4) is 0 Å². The molecule has 0 aliphatic heterocycles. The second-order valence-corrected chi connectivity index (χ2v) is 1.26. The summed E-state index contributed by atoms with van der Waals surface area (Å²) in [6, 6.07) is 3.17. The van der Waals surface area contributed by atoms with Crippen molar-refractivity contribution in [3.05, 3.63) is 24.5 Å². The van der Waals surface area contributed by atoms with Gasteiger partial charge in [-0.3, -0.25) is 0 Å². The Hall–Kier alpha value is -1.05. The number of pyridine rings is 1.